The van der Waals surface area contributed by atoms with Gasteiger partial charge in [-0.25, -0.2) is 4.98 Å². The van der Waals surface area contributed by atoms with Gasteiger partial charge in [0.05, 0.1) is 5.69 Å². The highest BCUT2D eigenvalue weighted by molar-refractivity contribution is 7.13. The summed E-state index contributed by atoms with van der Waals surface area (Å²) in [5, 5.41) is 2.39. The Morgan fingerprint density at radius 1 is 1.53 bits per heavy atom. The number of methoxy groups -OCH3 is 1. The first-order valence-corrected chi connectivity index (χ1v) is 5.92. The van der Waals surface area contributed by atoms with Gasteiger partial charge in [0.1, 0.15) is 6.61 Å². The molecule has 0 spiro atoms. The lowest BCUT2D eigenvalue weighted by Gasteiger charge is -2.02. The Bertz CT molecular complexity index is 537. The third kappa shape index (κ3) is 2.69. The zero-order valence-electron chi connectivity index (χ0n) is 9.34. The van der Waals surface area contributed by atoms with Gasteiger partial charge in [-0.2, -0.15) is 0 Å². The van der Waals surface area contributed by atoms with Gasteiger partial charge in [-0.05, 0) is 6.07 Å². The Morgan fingerprint density at radius 2 is 2.35 bits per heavy atom. The lowest BCUT2D eigenvalue weighted by molar-refractivity contribution is 0.0848. The molecule has 17 heavy (non-hydrogen) atoms. The molecule has 0 saturated carbocycles. The van der Waals surface area contributed by atoms with E-state index >= 15 is 0 Å². The molecular formula is C12H12N2O2S. The lowest BCUT2D eigenvalue weighted by atomic mass is 10.1. The van der Waals surface area contributed by atoms with E-state index in [-0.39, 0.29) is 12.4 Å². The maximum atomic E-state index is 11.7. The molecule has 0 amide bonds. The zero-order valence-corrected chi connectivity index (χ0v) is 10.2. The molecule has 0 atom stereocenters. The quantitative estimate of drug-likeness (QED) is 0.842. The number of nitrogens with zero attached hydrogens (tertiary/aromatic N) is 1. The van der Waals surface area contributed by atoms with Crippen molar-refractivity contribution in [2.75, 3.05) is 19.5 Å². The standard InChI is InChI=1S/C12H12N2O2S/c1-16-6-11(15)9-4-2-3-8(5-9)10-7-17-12(13)14-10/h2-5,7H,6H2,1H3,(H2,13,14). The number of anilines is 1. The number of hydrogen-bond donors (Lipinski definition) is 1. The molecule has 0 aliphatic rings. The van der Waals surface area contributed by atoms with Gasteiger partial charge in [-0.1, -0.05) is 18.2 Å². The average molecular weight is 248 g/mol. The fourth-order valence-electron chi connectivity index (χ4n) is 1.49. The van der Waals surface area contributed by atoms with Crippen LogP contribution in [0.25, 0.3) is 11.3 Å². The van der Waals surface area contributed by atoms with Crippen LogP contribution in [0.4, 0.5) is 5.13 Å². The number of carbonyl (C=O) groups is 1. The van der Waals surface area contributed by atoms with Crippen LogP contribution in [0.3, 0.4) is 0 Å². The minimum Gasteiger partial charge on any atom is -0.377 e. The zero-order chi connectivity index (χ0) is 12.3. The van der Waals surface area contributed by atoms with E-state index in [1.165, 1.54) is 18.4 Å². The molecule has 0 saturated heterocycles. The summed E-state index contributed by atoms with van der Waals surface area (Å²) in [7, 11) is 1.50. The first kappa shape index (κ1) is 11.8. The molecule has 0 fully saturated rings. The molecule has 2 rings (SSSR count). The molecule has 0 aliphatic carbocycles. The largest absolute Gasteiger partial charge is 0.377 e. The number of carbonyl (C=O) groups excluding carboxylic acids is 1. The Balaban J connectivity index is 2.31. The number of ketones is 1. The summed E-state index contributed by atoms with van der Waals surface area (Å²) in [6.07, 6.45) is 0. The molecule has 0 bridgehead atoms. The van der Waals surface area contributed by atoms with Crippen molar-refractivity contribution in [1.29, 1.82) is 0 Å². The van der Waals surface area contributed by atoms with Gasteiger partial charge >= 0.3 is 0 Å². The van der Waals surface area contributed by atoms with E-state index in [0.717, 1.165) is 11.3 Å². The van der Waals surface area contributed by atoms with Crippen LogP contribution in [-0.4, -0.2) is 24.5 Å². The summed E-state index contributed by atoms with van der Waals surface area (Å²) in [5.41, 5.74) is 7.88. The maximum Gasteiger partial charge on any atom is 0.188 e. The highest BCUT2D eigenvalue weighted by atomic mass is 32.1. The second-order valence-electron chi connectivity index (χ2n) is 3.51. The van der Waals surface area contributed by atoms with Crippen molar-refractivity contribution >= 4 is 22.3 Å². The highest BCUT2D eigenvalue weighted by Crippen LogP contribution is 2.23. The van der Waals surface area contributed by atoms with E-state index in [1.54, 1.807) is 12.1 Å². The molecule has 2 aromatic rings. The normalized spacial score (nSPS) is 10.4. The number of Topliss-reactive ketones (excluding diaryl/α,β-unsaturated/α-hetero) is 1. The molecular weight excluding hydrogens is 236 g/mol. The number of rotatable bonds is 4. The molecule has 0 aliphatic heterocycles. The van der Waals surface area contributed by atoms with Crippen molar-refractivity contribution in [1.82, 2.24) is 4.98 Å². The van der Waals surface area contributed by atoms with Gasteiger partial charge in [0.25, 0.3) is 0 Å². The fourth-order valence-corrected chi connectivity index (χ4v) is 2.06. The summed E-state index contributed by atoms with van der Waals surface area (Å²) in [6.45, 7) is 0.0860. The third-order valence-electron chi connectivity index (χ3n) is 2.28. The molecule has 1 aromatic carbocycles. The van der Waals surface area contributed by atoms with Gasteiger partial charge in [-0.15, -0.1) is 11.3 Å². The molecule has 88 valence electrons. The molecule has 0 radical (unpaired) electrons. The van der Waals surface area contributed by atoms with Crippen LogP contribution in [0.5, 0.6) is 0 Å². The summed E-state index contributed by atoms with van der Waals surface area (Å²) >= 11 is 1.38. The molecule has 1 heterocycles. The van der Waals surface area contributed by atoms with Crippen LogP contribution >= 0.6 is 11.3 Å². The minimum absolute atomic E-state index is 0.0439. The first-order valence-electron chi connectivity index (χ1n) is 5.04. The Hall–Kier alpha value is -1.72. The Kier molecular flexibility index (Phi) is 3.51. The molecule has 1 aromatic heterocycles. The van der Waals surface area contributed by atoms with Crippen molar-refractivity contribution in [3.63, 3.8) is 0 Å². The Labute approximate surface area is 103 Å². The SMILES string of the molecule is COCC(=O)c1cccc(-c2csc(N)n2)c1. The number of benzene rings is 1. The maximum absolute atomic E-state index is 11.7. The highest BCUT2D eigenvalue weighted by Gasteiger charge is 2.08. The molecule has 2 N–H and O–H groups in total. The third-order valence-corrected chi connectivity index (χ3v) is 2.95. The van der Waals surface area contributed by atoms with E-state index in [2.05, 4.69) is 4.98 Å². The second kappa shape index (κ2) is 5.07. The van der Waals surface area contributed by atoms with Crippen LogP contribution in [-0.2, 0) is 4.74 Å². The van der Waals surface area contributed by atoms with Crippen LogP contribution in [0.1, 0.15) is 10.4 Å². The first-order chi connectivity index (χ1) is 8.20. The van der Waals surface area contributed by atoms with Gasteiger partial charge < -0.3 is 10.5 Å². The van der Waals surface area contributed by atoms with Crippen LogP contribution < -0.4 is 5.73 Å². The lowest BCUT2D eigenvalue weighted by Crippen LogP contribution is -2.06. The number of nitrogen functional groups attached to an aromatic ring is 1. The van der Waals surface area contributed by atoms with E-state index < -0.39 is 0 Å². The van der Waals surface area contributed by atoms with E-state index in [1.807, 2.05) is 17.5 Å². The Morgan fingerprint density at radius 3 is 3.00 bits per heavy atom. The van der Waals surface area contributed by atoms with E-state index in [0.29, 0.717) is 10.7 Å². The monoisotopic (exact) mass is 248 g/mol. The minimum atomic E-state index is -0.0439. The van der Waals surface area contributed by atoms with E-state index in [9.17, 15) is 4.79 Å². The van der Waals surface area contributed by atoms with Crippen LogP contribution in [0.2, 0.25) is 0 Å². The number of nitrogens with two attached hydrogens (primary N) is 1. The van der Waals surface area contributed by atoms with Crippen molar-refractivity contribution in [3.8, 4) is 11.3 Å². The predicted octanol–water partition coefficient (Wildman–Crippen LogP) is 2.22. The van der Waals surface area contributed by atoms with Crippen molar-refractivity contribution in [2.45, 2.75) is 0 Å². The fraction of sp³-hybridized carbons (Fsp3) is 0.167. The number of ether oxygens (including phenoxy) is 1. The topological polar surface area (TPSA) is 65.2 Å². The summed E-state index contributed by atoms with van der Waals surface area (Å²) in [5.74, 6) is -0.0439. The number of aromatic nitrogens is 1. The summed E-state index contributed by atoms with van der Waals surface area (Å²) < 4.78 is 4.82. The molecule has 4 nitrogen and oxygen atoms in total. The summed E-state index contributed by atoms with van der Waals surface area (Å²) in [4.78, 5) is 15.8. The van der Waals surface area contributed by atoms with Crippen molar-refractivity contribution in [3.05, 3.63) is 35.2 Å². The van der Waals surface area contributed by atoms with Gasteiger partial charge in [0, 0.05) is 23.6 Å². The van der Waals surface area contributed by atoms with Gasteiger partial charge in [0.2, 0.25) is 0 Å². The summed E-state index contributed by atoms with van der Waals surface area (Å²) in [6, 6.07) is 7.29. The van der Waals surface area contributed by atoms with Crippen molar-refractivity contribution < 1.29 is 9.53 Å². The molecule has 5 heteroatoms. The number of thiazole rings is 1. The van der Waals surface area contributed by atoms with Crippen molar-refractivity contribution in [2.24, 2.45) is 0 Å². The van der Waals surface area contributed by atoms with Gasteiger partial charge in [-0.3, -0.25) is 4.79 Å². The second-order valence-corrected chi connectivity index (χ2v) is 4.40. The molecule has 0 unspecified atom stereocenters. The number of hydrogen-bond acceptors (Lipinski definition) is 5. The van der Waals surface area contributed by atoms with Crippen LogP contribution in [0.15, 0.2) is 29.6 Å². The smallest absolute Gasteiger partial charge is 0.188 e. The van der Waals surface area contributed by atoms with Crippen LogP contribution in [0, 0.1) is 0 Å². The predicted molar refractivity (Wildman–Crippen MR) is 68.2 cm³/mol. The van der Waals surface area contributed by atoms with E-state index in [4.69, 9.17) is 10.5 Å². The average Bonchev–Trinajstić information content (AvgIpc) is 2.76. The van der Waals surface area contributed by atoms with Gasteiger partial charge in [0.15, 0.2) is 10.9 Å².